The molecule has 5 nitrogen and oxygen atoms in total. The molecule has 0 fully saturated rings. The van der Waals surface area contributed by atoms with Crippen molar-refractivity contribution in [2.75, 3.05) is 26.4 Å². The third-order valence-corrected chi connectivity index (χ3v) is 2.29. The molecule has 96 valence electrons. The highest BCUT2D eigenvalue weighted by Crippen LogP contribution is 2.36. The van der Waals surface area contributed by atoms with Gasteiger partial charge in [0.2, 0.25) is 0 Å². The van der Waals surface area contributed by atoms with Crippen LogP contribution in [0, 0.1) is 0 Å². The molecular formula is C13H14O5. The van der Waals surface area contributed by atoms with Crippen LogP contribution in [0.15, 0.2) is 36.1 Å². The normalized spacial score (nSPS) is 13.2. The van der Waals surface area contributed by atoms with E-state index in [1.54, 1.807) is 0 Å². The highest BCUT2D eigenvalue weighted by molar-refractivity contribution is 6.01. The molecule has 2 rings (SSSR count). The van der Waals surface area contributed by atoms with Crippen molar-refractivity contribution in [3.63, 3.8) is 0 Å². The Morgan fingerprint density at radius 1 is 1.17 bits per heavy atom. The summed E-state index contributed by atoms with van der Waals surface area (Å²) in [6.07, 6.45) is 0. The lowest BCUT2D eigenvalue weighted by molar-refractivity contribution is -0.141. The van der Waals surface area contributed by atoms with Gasteiger partial charge in [-0.05, 0) is 0 Å². The van der Waals surface area contributed by atoms with Crippen LogP contribution in [0.4, 0.5) is 0 Å². The van der Waals surface area contributed by atoms with Crippen molar-refractivity contribution in [2.45, 2.75) is 0 Å². The maximum Gasteiger partial charge on any atom is 0.378 e. The lowest BCUT2D eigenvalue weighted by Crippen LogP contribution is -2.11. The second kappa shape index (κ2) is 6.18. The van der Waals surface area contributed by atoms with Gasteiger partial charge in [-0.3, -0.25) is 0 Å². The molecule has 1 aromatic rings. The molecule has 0 saturated carbocycles. The predicted molar refractivity (Wildman–Crippen MR) is 63.3 cm³/mol. The van der Waals surface area contributed by atoms with E-state index in [0.717, 1.165) is 5.56 Å². The summed E-state index contributed by atoms with van der Waals surface area (Å²) in [6.45, 7) is 0.611. The molecule has 0 atom stereocenters. The fourth-order valence-corrected chi connectivity index (χ4v) is 1.42. The van der Waals surface area contributed by atoms with Crippen LogP contribution in [-0.2, 0) is 19.0 Å². The first-order chi connectivity index (χ1) is 8.83. The van der Waals surface area contributed by atoms with Crippen molar-refractivity contribution in [2.24, 2.45) is 0 Å². The van der Waals surface area contributed by atoms with Crippen LogP contribution in [0.5, 0.6) is 0 Å². The average molecular weight is 250 g/mol. The Labute approximate surface area is 105 Å². The largest absolute Gasteiger partial charge is 0.457 e. The topological polar surface area (TPSA) is 68.3 Å². The third-order valence-electron chi connectivity index (χ3n) is 2.29. The van der Waals surface area contributed by atoms with Crippen LogP contribution in [0.1, 0.15) is 5.56 Å². The Hall–Kier alpha value is -1.85. The van der Waals surface area contributed by atoms with E-state index in [9.17, 15) is 4.79 Å². The van der Waals surface area contributed by atoms with Gasteiger partial charge < -0.3 is 19.3 Å². The number of aliphatic hydroxyl groups is 1. The van der Waals surface area contributed by atoms with Crippen molar-refractivity contribution in [1.29, 1.82) is 0 Å². The van der Waals surface area contributed by atoms with Crippen LogP contribution in [-0.4, -0.2) is 37.5 Å². The molecule has 1 aliphatic heterocycles. The summed E-state index contributed by atoms with van der Waals surface area (Å²) < 4.78 is 15.0. The van der Waals surface area contributed by atoms with Crippen LogP contribution in [0.25, 0.3) is 5.76 Å². The van der Waals surface area contributed by atoms with Gasteiger partial charge in [0.1, 0.15) is 6.61 Å². The number of rotatable bonds is 7. The Balaban J connectivity index is 1.77. The summed E-state index contributed by atoms with van der Waals surface area (Å²) in [7, 11) is 0. The van der Waals surface area contributed by atoms with E-state index < -0.39 is 5.97 Å². The summed E-state index contributed by atoms with van der Waals surface area (Å²) >= 11 is 0. The molecule has 1 N–H and O–H groups in total. The summed E-state index contributed by atoms with van der Waals surface area (Å²) in [5.41, 5.74) is 0.862. The smallest absolute Gasteiger partial charge is 0.378 e. The maximum absolute atomic E-state index is 11.5. The zero-order chi connectivity index (χ0) is 12.8. The van der Waals surface area contributed by atoms with Crippen LogP contribution in [0.3, 0.4) is 0 Å². The van der Waals surface area contributed by atoms with Gasteiger partial charge in [0.25, 0.3) is 5.76 Å². The molecule has 0 aromatic heterocycles. The highest BCUT2D eigenvalue weighted by atomic mass is 16.6. The molecule has 0 unspecified atom stereocenters. The number of carbonyl (C=O) groups excluding carboxylic acids is 1. The lowest BCUT2D eigenvalue weighted by atomic mass is 10.2. The fraction of sp³-hybridized carbons (Fsp3) is 0.308. The van der Waals surface area contributed by atoms with Gasteiger partial charge in [-0.25, -0.2) is 4.79 Å². The molecule has 1 heterocycles. The van der Waals surface area contributed by atoms with Gasteiger partial charge in [-0.15, -0.1) is 0 Å². The molecule has 1 aliphatic rings. The zero-order valence-electron chi connectivity index (χ0n) is 9.80. The van der Waals surface area contributed by atoms with E-state index >= 15 is 0 Å². The Kier molecular flexibility index (Phi) is 4.33. The average Bonchev–Trinajstić information content (AvgIpc) is 3.20. The second-order valence-corrected chi connectivity index (χ2v) is 3.60. The molecule has 0 spiro atoms. The summed E-state index contributed by atoms with van der Waals surface area (Å²) in [4.78, 5) is 11.5. The number of benzene rings is 1. The van der Waals surface area contributed by atoms with Crippen molar-refractivity contribution >= 4 is 11.7 Å². The zero-order valence-corrected chi connectivity index (χ0v) is 9.80. The summed E-state index contributed by atoms with van der Waals surface area (Å²) in [5.74, 6) is 0.335. The first-order valence-electron chi connectivity index (χ1n) is 5.66. The molecule has 1 aromatic carbocycles. The molecule has 18 heavy (non-hydrogen) atoms. The first-order valence-corrected chi connectivity index (χ1v) is 5.66. The van der Waals surface area contributed by atoms with Crippen LogP contribution < -0.4 is 0 Å². The highest BCUT2D eigenvalue weighted by Gasteiger charge is 2.34. The summed E-state index contributed by atoms with van der Waals surface area (Å²) in [6, 6.07) is 9.36. The predicted octanol–water partition coefficient (Wildman–Crippen LogP) is 0.938. The van der Waals surface area contributed by atoms with Gasteiger partial charge in [0.15, 0.2) is 5.76 Å². The van der Waals surface area contributed by atoms with Crippen molar-refractivity contribution in [3.05, 3.63) is 41.7 Å². The van der Waals surface area contributed by atoms with E-state index in [-0.39, 0.29) is 32.2 Å². The maximum atomic E-state index is 11.5. The Morgan fingerprint density at radius 2 is 1.94 bits per heavy atom. The Bertz CT molecular complexity index is 438. The number of aliphatic hydroxyl groups excluding tert-OH is 1. The SMILES string of the molecule is O=C(OCCOCCO)C1=C(c2ccccc2)O1. The third kappa shape index (κ3) is 3.32. The minimum Gasteiger partial charge on any atom is -0.457 e. The molecule has 0 bridgehead atoms. The standard InChI is InChI=1S/C13H14O5/c14-6-7-16-8-9-17-13(15)12-11(18-12)10-4-2-1-3-5-10/h1-5,14H,6-9H2. The van der Waals surface area contributed by atoms with E-state index in [2.05, 4.69) is 0 Å². The number of esters is 1. The van der Waals surface area contributed by atoms with Crippen molar-refractivity contribution < 1.29 is 24.1 Å². The monoisotopic (exact) mass is 250 g/mol. The lowest BCUT2D eigenvalue weighted by Gasteiger charge is -2.01. The minimum atomic E-state index is -0.485. The molecule has 0 amide bonds. The molecular weight excluding hydrogens is 236 g/mol. The van der Waals surface area contributed by atoms with Crippen LogP contribution >= 0.6 is 0 Å². The molecule has 0 saturated heterocycles. The van der Waals surface area contributed by atoms with E-state index in [1.807, 2.05) is 30.3 Å². The van der Waals surface area contributed by atoms with Gasteiger partial charge in [-0.1, -0.05) is 30.3 Å². The molecule has 0 aliphatic carbocycles. The number of hydrogen-bond donors (Lipinski definition) is 1. The minimum absolute atomic E-state index is 0.0413. The first kappa shape index (κ1) is 12.6. The number of ether oxygens (including phenoxy) is 3. The number of hydrogen-bond acceptors (Lipinski definition) is 5. The Morgan fingerprint density at radius 3 is 2.67 bits per heavy atom. The van der Waals surface area contributed by atoms with Gasteiger partial charge >= 0.3 is 5.97 Å². The van der Waals surface area contributed by atoms with Crippen molar-refractivity contribution in [1.82, 2.24) is 0 Å². The van der Waals surface area contributed by atoms with E-state index in [1.165, 1.54) is 0 Å². The van der Waals surface area contributed by atoms with Crippen LogP contribution in [0.2, 0.25) is 0 Å². The quantitative estimate of drug-likeness (QED) is 0.576. The van der Waals surface area contributed by atoms with Gasteiger partial charge in [-0.2, -0.15) is 0 Å². The molecule has 0 radical (unpaired) electrons. The second-order valence-electron chi connectivity index (χ2n) is 3.60. The van der Waals surface area contributed by atoms with E-state index in [0.29, 0.717) is 5.76 Å². The van der Waals surface area contributed by atoms with Crippen molar-refractivity contribution in [3.8, 4) is 0 Å². The fourth-order valence-electron chi connectivity index (χ4n) is 1.42. The summed E-state index contributed by atoms with van der Waals surface area (Å²) in [5, 5.41) is 8.47. The van der Waals surface area contributed by atoms with E-state index in [4.69, 9.17) is 19.3 Å². The number of carbonyl (C=O) groups is 1. The van der Waals surface area contributed by atoms with Gasteiger partial charge in [0.05, 0.1) is 19.8 Å². The molecule has 5 heteroatoms. The van der Waals surface area contributed by atoms with Gasteiger partial charge in [0, 0.05) is 5.56 Å².